The van der Waals surface area contributed by atoms with Crippen LogP contribution in [-0.4, -0.2) is 15.3 Å². The van der Waals surface area contributed by atoms with E-state index in [9.17, 15) is 4.79 Å². The summed E-state index contributed by atoms with van der Waals surface area (Å²) in [6, 6.07) is 11.9. The zero-order chi connectivity index (χ0) is 15.0. The maximum atomic E-state index is 12.2. The lowest BCUT2D eigenvalue weighted by atomic mass is 10.1. The van der Waals surface area contributed by atoms with Gasteiger partial charge < -0.3 is 0 Å². The van der Waals surface area contributed by atoms with E-state index in [4.69, 9.17) is 0 Å². The maximum Gasteiger partial charge on any atom is 0.164 e. The van der Waals surface area contributed by atoms with Crippen LogP contribution in [0.3, 0.4) is 0 Å². The van der Waals surface area contributed by atoms with Crippen LogP contribution >= 0.6 is 0 Å². The van der Waals surface area contributed by atoms with Crippen LogP contribution in [0.15, 0.2) is 42.7 Å². The number of para-hydroxylation sites is 1. The Morgan fingerprint density at radius 2 is 1.86 bits per heavy atom. The number of nitrogens with zero attached hydrogens (tertiary/aromatic N) is 2. The fourth-order valence-electron chi connectivity index (χ4n) is 2.57. The lowest BCUT2D eigenvalue weighted by Crippen LogP contribution is -2.04. The minimum absolute atomic E-state index is 0.149. The van der Waals surface area contributed by atoms with Gasteiger partial charge in [0.1, 0.15) is 6.33 Å². The summed E-state index contributed by atoms with van der Waals surface area (Å²) < 4.78 is 2.00. The van der Waals surface area contributed by atoms with E-state index in [1.54, 1.807) is 6.33 Å². The Labute approximate surface area is 124 Å². The van der Waals surface area contributed by atoms with Crippen LogP contribution in [0.4, 0.5) is 0 Å². The van der Waals surface area contributed by atoms with Crippen molar-refractivity contribution in [1.29, 1.82) is 0 Å². The van der Waals surface area contributed by atoms with Crippen molar-refractivity contribution in [3.63, 3.8) is 0 Å². The Balaban J connectivity index is 2.26. The highest BCUT2D eigenvalue weighted by Crippen LogP contribution is 2.24. The fourth-order valence-corrected chi connectivity index (χ4v) is 2.57. The number of aryl methyl sites for hydroxylation is 2. The largest absolute Gasteiger partial charge is 0.298 e. The molecule has 0 aliphatic heterocycles. The molecular weight excluding hydrogens is 260 g/mol. The predicted molar refractivity (Wildman–Crippen MR) is 85.2 cm³/mol. The smallest absolute Gasteiger partial charge is 0.164 e. The molecule has 0 saturated heterocycles. The van der Waals surface area contributed by atoms with Crippen molar-refractivity contribution in [3.05, 3.63) is 59.4 Å². The summed E-state index contributed by atoms with van der Waals surface area (Å²) >= 11 is 0. The van der Waals surface area contributed by atoms with Gasteiger partial charge in [0.25, 0.3) is 0 Å². The zero-order valence-electron chi connectivity index (χ0n) is 12.6. The van der Waals surface area contributed by atoms with Crippen LogP contribution in [0.1, 0.15) is 34.8 Å². The van der Waals surface area contributed by atoms with E-state index in [0.717, 1.165) is 22.3 Å². The Kier molecular flexibility index (Phi) is 3.34. The molecule has 1 aromatic heterocycles. The van der Waals surface area contributed by atoms with Gasteiger partial charge in [-0.15, -0.1) is 0 Å². The third-order valence-electron chi connectivity index (χ3n) is 3.95. The van der Waals surface area contributed by atoms with Crippen LogP contribution < -0.4 is 0 Å². The number of aromatic nitrogens is 2. The van der Waals surface area contributed by atoms with E-state index in [2.05, 4.69) is 31.0 Å². The van der Waals surface area contributed by atoms with Gasteiger partial charge in [-0.25, -0.2) is 4.98 Å². The third-order valence-corrected chi connectivity index (χ3v) is 3.95. The molecular formula is C18H18N2O. The molecule has 3 rings (SSSR count). The van der Waals surface area contributed by atoms with Crippen molar-refractivity contribution in [3.8, 4) is 5.69 Å². The second kappa shape index (κ2) is 5.17. The topological polar surface area (TPSA) is 34.9 Å². The molecule has 106 valence electrons. The molecule has 3 nitrogen and oxygen atoms in total. The van der Waals surface area contributed by atoms with Crippen LogP contribution in [0.2, 0.25) is 0 Å². The molecule has 0 aliphatic rings. The Bertz CT molecular complexity index is 830. The first-order chi connectivity index (χ1) is 10.1. The monoisotopic (exact) mass is 278 g/mol. The van der Waals surface area contributed by atoms with Gasteiger partial charge in [-0.05, 0) is 49.2 Å². The van der Waals surface area contributed by atoms with Crippen molar-refractivity contribution in [2.45, 2.75) is 27.2 Å². The first kappa shape index (κ1) is 13.6. The SMILES string of the molecule is CCC(=O)c1ccccc1-n1cnc2cc(C)c(C)cc21. The molecule has 0 amide bonds. The van der Waals surface area contributed by atoms with E-state index >= 15 is 0 Å². The molecule has 0 unspecified atom stereocenters. The number of imidazole rings is 1. The molecule has 3 aromatic rings. The number of fused-ring (bicyclic) bond motifs is 1. The van der Waals surface area contributed by atoms with Gasteiger partial charge in [-0.1, -0.05) is 19.1 Å². The molecule has 2 aromatic carbocycles. The highest BCUT2D eigenvalue weighted by Gasteiger charge is 2.13. The standard InChI is InChI=1S/C18H18N2O/c1-4-18(21)14-7-5-6-8-16(14)20-11-19-15-9-12(2)13(3)10-17(15)20/h5-11H,4H2,1-3H3. The normalized spacial score (nSPS) is 11.0. The number of Topliss-reactive ketones (excluding diaryl/α,β-unsaturated/α-hetero) is 1. The lowest BCUT2D eigenvalue weighted by Gasteiger charge is -2.10. The van der Waals surface area contributed by atoms with E-state index in [1.807, 2.05) is 35.8 Å². The highest BCUT2D eigenvalue weighted by atomic mass is 16.1. The van der Waals surface area contributed by atoms with Crippen molar-refractivity contribution >= 4 is 16.8 Å². The quantitative estimate of drug-likeness (QED) is 0.672. The number of rotatable bonds is 3. The summed E-state index contributed by atoms with van der Waals surface area (Å²) in [5.41, 5.74) is 6.09. The van der Waals surface area contributed by atoms with Gasteiger partial charge in [-0.2, -0.15) is 0 Å². The van der Waals surface area contributed by atoms with Crippen LogP contribution in [0.25, 0.3) is 16.7 Å². The Hall–Kier alpha value is -2.42. The summed E-state index contributed by atoms with van der Waals surface area (Å²) in [7, 11) is 0. The second-order valence-electron chi connectivity index (χ2n) is 5.33. The van der Waals surface area contributed by atoms with Gasteiger partial charge in [0, 0.05) is 12.0 Å². The fraction of sp³-hybridized carbons (Fsp3) is 0.222. The molecule has 0 bridgehead atoms. The van der Waals surface area contributed by atoms with Gasteiger partial charge in [0.05, 0.1) is 16.7 Å². The summed E-state index contributed by atoms with van der Waals surface area (Å²) in [5.74, 6) is 0.149. The number of carbonyl (C=O) groups is 1. The molecule has 0 aliphatic carbocycles. The maximum absolute atomic E-state index is 12.2. The molecule has 0 N–H and O–H groups in total. The third kappa shape index (κ3) is 2.25. The molecule has 0 spiro atoms. The minimum atomic E-state index is 0.149. The van der Waals surface area contributed by atoms with Crippen molar-refractivity contribution in [2.24, 2.45) is 0 Å². The van der Waals surface area contributed by atoms with Gasteiger partial charge in [0.15, 0.2) is 5.78 Å². The van der Waals surface area contributed by atoms with Crippen LogP contribution in [0.5, 0.6) is 0 Å². The lowest BCUT2D eigenvalue weighted by molar-refractivity contribution is 0.0988. The van der Waals surface area contributed by atoms with Crippen molar-refractivity contribution in [1.82, 2.24) is 9.55 Å². The molecule has 0 radical (unpaired) electrons. The number of hydrogen-bond acceptors (Lipinski definition) is 2. The van der Waals surface area contributed by atoms with Gasteiger partial charge >= 0.3 is 0 Å². The molecule has 3 heteroatoms. The van der Waals surface area contributed by atoms with Gasteiger partial charge in [-0.3, -0.25) is 9.36 Å². The van der Waals surface area contributed by atoms with Crippen molar-refractivity contribution < 1.29 is 4.79 Å². The Morgan fingerprint density at radius 1 is 1.14 bits per heavy atom. The first-order valence-electron chi connectivity index (χ1n) is 7.18. The molecule has 1 heterocycles. The molecule has 0 saturated carbocycles. The minimum Gasteiger partial charge on any atom is -0.298 e. The van der Waals surface area contributed by atoms with E-state index in [0.29, 0.717) is 6.42 Å². The predicted octanol–water partition coefficient (Wildman–Crippen LogP) is 4.24. The summed E-state index contributed by atoms with van der Waals surface area (Å²) in [4.78, 5) is 16.6. The molecule has 0 atom stereocenters. The van der Waals surface area contributed by atoms with Crippen LogP contribution in [0, 0.1) is 13.8 Å². The summed E-state index contributed by atoms with van der Waals surface area (Å²) in [5, 5.41) is 0. The Morgan fingerprint density at radius 3 is 2.62 bits per heavy atom. The number of carbonyl (C=O) groups excluding carboxylic acids is 1. The molecule has 0 fully saturated rings. The second-order valence-corrected chi connectivity index (χ2v) is 5.33. The average Bonchev–Trinajstić information content (AvgIpc) is 2.89. The van der Waals surface area contributed by atoms with Crippen molar-refractivity contribution in [2.75, 3.05) is 0 Å². The average molecular weight is 278 g/mol. The van der Waals surface area contributed by atoms with E-state index < -0.39 is 0 Å². The van der Waals surface area contributed by atoms with E-state index in [-0.39, 0.29) is 5.78 Å². The number of hydrogen-bond donors (Lipinski definition) is 0. The van der Waals surface area contributed by atoms with Gasteiger partial charge in [0.2, 0.25) is 0 Å². The zero-order valence-corrected chi connectivity index (χ0v) is 12.6. The highest BCUT2D eigenvalue weighted by molar-refractivity contribution is 5.99. The van der Waals surface area contributed by atoms with E-state index in [1.165, 1.54) is 11.1 Å². The summed E-state index contributed by atoms with van der Waals surface area (Å²) in [6.07, 6.45) is 2.30. The number of benzene rings is 2. The summed E-state index contributed by atoms with van der Waals surface area (Å²) in [6.45, 7) is 6.07. The number of ketones is 1. The first-order valence-corrected chi connectivity index (χ1v) is 7.18. The van der Waals surface area contributed by atoms with Crippen LogP contribution in [-0.2, 0) is 0 Å². The molecule has 21 heavy (non-hydrogen) atoms.